The molecule has 0 aromatic heterocycles. The second-order valence-electron chi connectivity index (χ2n) is 5.67. The lowest BCUT2D eigenvalue weighted by atomic mass is 9.97. The minimum atomic E-state index is -0.711. The van der Waals surface area contributed by atoms with Crippen LogP contribution in [0.2, 0.25) is 5.02 Å². The third kappa shape index (κ3) is 3.34. The van der Waals surface area contributed by atoms with E-state index in [4.69, 9.17) is 21.1 Å². The summed E-state index contributed by atoms with van der Waals surface area (Å²) in [6, 6.07) is 6.69. The first-order valence-corrected chi connectivity index (χ1v) is 7.95. The summed E-state index contributed by atoms with van der Waals surface area (Å²) < 4.78 is 10.9. The van der Waals surface area contributed by atoms with E-state index in [1.807, 2.05) is 12.1 Å². The molecule has 3 rings (SSSR count). The predicted octanol–water partition coefficient (Wildman–Crippen LogP) is 1.10. The van der Waals surface area contributed by atoms with Gasteiger partial charge in [-0.05, 0) is 17.7 Å². The predicted molar refractivity (Wildman–Crippen MR) is 84.1 cm³/mol. The Kier molecular flexibility index (Phi) is 4.84. The molecule has 0 bridgehead atoms. The van der Waals surface area contributed by atoms with Crippen molar-refractivity contribution in [1.82, 2.24) is 9.80 Å². The number of carbonyl (C=O) groups is 2. The molecule has 7 heteroatoms. The lowest BCUT2D eigenvalue weighted by Gasteiger charge is -2.40. The van der Waals surface area contributed by atoms with Gasteiger partial charge in [0.1, 0.15) is 6.61 Å². The van der Waals surface area contributed by atoms with E-state index in [0.717, 1.165) is 5.56 Å². The lowest BCUT2D eigenvalue weighted by molar-refractivity contribution is -0.169. The van der Waals surface area contributed by atoms with E-state index in [2.05, 4.69) is 0 Å². The Bertz CT molecular complexity index is 586. The van der Waals surface area contributed by atoms with Gasteiger partial charge in [-0.2, -0.15) is 0 Å². The molecule has 2 aliphatic heterocycles. The molecule has 0 saturated carbocycles. The number of hydrogen-bond acceptors (Lipinski definition) is 4. The van der Waals surface area contributed by atoms with Gasteiger partial charge in [0.2, 0.25) is 5.91 Å². The minimum absolute atomic E-state index is 0.0820. The highest BCUT2D eigenvalue weighted by atomic mass is 35.5. The van der Waals surface area contributed by atoms with Crippen molar-refractivity contribution in [3.8, 4) is 0 Å². The first kappa shape index (κ1) is 16.2. The van der Waals surface area contributed by atoms with E-state index in [0.29, 0.717) is 31.3 Å². The maximum atomic E-state index is 12.8. The van der Waals surface area contributed by atoms with Crippen molar-refractivity contribution < 1.29 is 19.1 Å². The maximum Gasteiger partial charge on any atom is 0.254 e. The molecule has 0 aliphatic carbocycles. The average Bonchev–Trinajstić information content (AvgIpc) is 2.58. The van der Waals surface area contributed by atoms with Crippen LogP contribution in [0.4, 0.5) is 0 Å². The zero-order valence-corrected chi connectivity index (χ0v) is 13.7. The Hall–Kier alpha value is -1.63. The van der Waals surface area contributed by atoms with E-state index in [1.165, 1.54) is 0 Å². The van der Waals surface area contributed by atoms with Crippen LogP contribution >= 0.6 is 11.6 Å². The fourth-order valence-electron chi connectivity index (χ4n) is 2.94. The van der Waals surface area contributed by atoms with Gasteiger partial charge in [0.05, 0.1) is 19.3 Å². The Morgan fingerprint density at radius 1 is 1.22 bits per heavy atom. The average molecular weight is 339 g/mol. The van der Waals surface area contributed by atoms with E-state index in [1.54, 1.807) is 29.0 Å². The second kappa shape index (κ2) is 6.86. The Morgan fingerprint density at radius 2 is 1.87 bits per heavy atom. The molecule has 0 unspecified atom stereocenters. The zero-order chi connectivity index (χ0) is 16.4. The second-order valence-corrected chi connectivity index (χ2v) is 6.11. The highest BCUT2D eigenvalue weighted by molar-refractivity contribution is 6.30. The molecule has 2 amide bonds. The van der Waals surface area contributed by atoms with Crippen LogP contribution < -0.4 is 0 Å². The van der Waals surface area contributed by atoms with Crippen molar-refractivity contribution in [2.24, 2.45) is 0 Å². The van der Waals surface area contributed by atoms with Gasteiger partial charge in [-0.15, -0.1) is 0 Å². The van der Waals surface area contributed by atoms with Crippen molar-refractivity contribution in [2.45, 2.75) is 12.1 Å². The summed E-state index contributed by atoms with van der Waals surface area (Å²) in [6.45, 7) is 2.06. The van der Waals surface area contributed by atoms with Gasteiger partial charge in [-0.3, -0.25) is 9.59 Å². The van der Waals surface area contributed by atoms with E-state index < -0.39 is 12.1 Å². The Morgan fingerprint density at radius 3 is 2.52 bits per heavy atom. The van der Waals surface area contributed by atoms with Crippen LogP contribution in [0.3, 0.4) is 0 Å². The fraction of sp³-hybridized carbons (Fsp3) is 0.500. The standard InChI is InChI=1S/C16H19ClN2O4/c1-18-13(20)10-23-15(16(21)19-6-8-22-9-7-19)14(18)11-2-4-12(17)5-3-11/h2-5,14-15H,6-10H2,1H3/t14-,15+/m0/s1. The summed E-state index contributed by atoms with van der Waals surface area (Å²) >= 11 is 5.94. The topological polar surface area (TPSA) is 59.1 Å². The molecule has 6 nitrogen and oxygen atoms in total. The number of carbonyl (C=O) groups excluding carboxylic acids is 2. The van der Waals surface area contributed by atoms with Crippen molar-refractivity contribution in [3.63, 3.8) is 0 Å². The van der Waals surface area contributed by atoms with Crippen molar-refractivity contribution >= 4 is 23.4 Å². The Labute approximate surface area is 139 Å². The van der Waals surface area contributed by atoms with Gasteiger partial charge in [0.15, 0.2) is 6.10 Å². The Balaban J connectivity index is 1.87. The molecule has 23 heavy (non-hydrogen) atoms. The lowest BCUT2D eigenvalue weighted by Crippen LogP contribution is -2.55. The minimum Gasteiger partial charge on any atom is -0.378 e. The van der Waals surface area contributed by atoms with Crippen LogP contribution in [0, 0.1) is 0 Å². The van der Waals surface area contributed by atoms with Gasteiger partial charge in [0.25, 0.3) is 5.91 Å². The summed E-state index contributed by atoms with van der Waals surface area (Å²) in [5.74, 6) is -0.247. The smallest absolute Gasteiger partial charge is 0.254 e. The number of hydrogen-bond donors (Lipinski definition) is 0. The molecule has 2 heterocycles. The van der Waals surface area contributed by atoms with Crippen LogP contribution in [0.5, 0.6) is 0 Å². The van der Waals surface area contributed by atoms with Crippen LogP contribution in [-0.4, -0.2) is 67.7 Å². The molecule has 0 N–H and O–H groups in total. The summed E-state index contributed by atoms with van der Waals surface area (Å²) in [7, 11) is 1.70. The van der Waals surface area contributed by atoms with Crippen LogP contribution in [0.15, 0.2) is 24.3 Å². The number of ether oxygens (including phenoxy) is 2. The van der Waals surface area contributed by atoms with Gasteiger partial charge in [0, 0.05) is 25.2 Å². The first-order valence-electron chi connectivity index (χ1n) is 7.57. The normalized spacial score (nSPS) is 25.6. The van der Waals surface area contributed by atoms with Gasteiger partial charge in [-0.1, -0.05) is 23.7 Å². The van der Waals surface area contributed by atoms with Crippen LogP contribution in [-0.2, 0) is 19.1 Å². The molecular formula is C16H19ClN2O4. The molecule has 0 radical (unpaired) electrons. The van der Waals surface area contributed by atoms with Gasteiger partial charge >= 0.3 is 0 Å². The van der Waals surface area contributed by atoms with Gasteiger partial charge < -0.3 is 19.3 Å². The monoisotopic (exact) mass is 338 g/mol. The fourth-order valence-corrected chi connectivity index (χ4v) is 3.07. The molecule has 1 aromatic rings. The van der Waals surface area contributed by atoms with E-state index in [9.17, 15) is 9.59 Å². The molecule has 0 spiro atoms. The van der Waals surface area contributed by atoms with E-state index in [-0.39, 0.29) is 18.4 Å². The molecule has 124 valence electrons. The zero-order valence-electron chi connectivity index (χ0n) is 12.9. The molecular weight excluding hydrogens is 320 g/mol. The molecule has 2 atom stereocenters. The van der Waals surface area contributed by atoms with Crippen molar-refractivity contribution in [2.75, 3.05) is 40.0 Å². The molecule has 2 aliphatic rings. The quantitative estimate of drug-likeness (QED) is 0.810. The van der Waals surface area contributed by atoms with Gasteiger partial charge in [-0.25, -0.2) is 0 Å². The number of morpholine rings is 2. The van der Waals surface area contributed by atoms with Crippen molar-refractivity contribution in [3.05, 3.63) is 34.9 Å². The highest BCUT2D eigenvalue weighted by Crippen LogP contribution is 2.31. The van der Waals surface area contributed by atoms with Crippen LogP contribution in [0.25, 0.3) is 0 Å². The van der Waals surface area contributed by atoms with E-state index >= 15 is 0 Å². The number of benzene rings is 1. The first-order chi connectivity index (χ1) is 11.1. The number of rotatable bonds is 2. The third-order valence-corrected chi connectivity index (χ3v) is 4.51. The summed E-state index contributed by atoms with van der Waals surface area (Å²) in [5, 5.41) is 0.607. The summed E-state index contributed by atoms with van der Waals surface area (Å²) in [4.78, 5) is 28.2. The summed E-state index contributed by atoms with van der Waals surface area (Å²) in [6.07, 6.45) is -0.711. The third-order valence-electron chi connectivity index (χ3n) is 4.26. The number of halogens is 1. The molecule has 2 fully saturated rings. The largest absolute Gasteiger partial charge is 0.378 e. The highest BCUT2D eigenvalue weighted by Gasteiger charge is 2.41. The number of likely N-dealkylation sites (N-methyl/N-ethyl adjacent to an activating group) is 1. The SMILES string of the molecule is CN1C(=O)CO[C@@H](C(=O)N2CCOCC2)[C@@H]1c1ccc(Cl)cc1. The molecule has 1 aromatic carbocycles. The molecule has 2 saturated heterocycles. The van der Waals surface area contributed by atoms with Crippen molar-refractivity contribution in [1.29, 1.82) is 0 Å². The number of amides is 2. The maximum absolute atomic E-state index is 12.8. The number of nitrogens with zero attached hydrogens (tertiary/aromatic N) is 2. The van der Waals surface area contributed by atoms with Crippen LogP contribution in [0.1, 0.15) is 11.6 Å². The summed E-state index contributed by atoms with van der Waals surface area (Å²) in [5.41, 5.74) is 0.830.